The van der Waals surface area contributed by atoms with E-state index in [0.29, 0.717) is 18.2 Å². The van der Waals surface area contributed by atoms with Gasteiger partial charge in [0.15, 0.2) is 5.82 Å². The number of hydrogen-bond donors (Lipinski definition) is 3. The number of benzene rings is 2. The van der Waals surface area contributed by atoms with E-state index in [9.17, 15) is 5.11 Å². The molecule has 0 spiro atoms. The van der Waals surface area contributed by atoms with E-state index in [0.717, 1.165) is 27.7 Å². The number of anilines is 2. The Hall–Kier alpha value is -3.51. The normalized spacial score (nSPS) is 10.8. The second-order valence-electron chi connectivity index (χ2n) is 5.83. The van der Waals surface area contributed by atoms with Crippen LogP contribution in [-0.2, 0) is 6.54 Å². The van der Waals surface area contributed by atoms with Gasteiger partial charge in [-0.05, 0) is 42.0 Å². The summed E-state index contributed by atoms with van der Waals surface area (Å²) in [6.45, 7) is 0.410. The second-order valence-corrected chi connectivity index (χ2v) is 5.83. The van der Waals surface area contributed by atoms with Crippen LogP contribution in [0.2, 0.25) is 0 Å². The lowest BCUT2D eigenvalue weighted by Crippen LogP contribution is -2.04. The molecule has 0 fully saturated rings. The third-order valence-electron chi connectivity index (χ3n) is 4.09. The van der Waals surface area contributed by atoms with Gasteiger partial charge < -0.3 is 16.2 Å². The number of nitrogens with one attached hydrogen (secondary N) is 1. The van der Waals surface area contributed by atoms with Crippen molar-refractivity contribution >= 4 is 22.4 Å². The SMILES string of the molecule is NCc1ccccc1Nc1nc(-c2cccnc2)nc2ccc(O)cc12. The van der Waals surface area contributed by atoms with Crippen LogP contribution < -0.4 is 11.1 Å². The van der Waals surface area contributed by atoms with E-state index in [1.165, 1.54) is 0 Å². The average molecular weight is 343 g/mol. The number of phenolic OH excluding ortho intramolecular Hbond substituents is 1. The lowest BCUT2D eigenvalue weighted by Gasteiger charge is -2.13. The number of aromatic hydroxyl groups is 1. The predicted molar refractivity (Wildman–Crippen MR) is 102 cm³/mol. The van der Waals surface area contributed by atoms with E-state index >= 15 is 0 Å². The van der Waals surface area contributed by atoms with Gasteiger partial charge in [-0.15, -0.1) is 0 Å². The summed E-state index contributed by atoms with van der Waals surface area (Å²) in [5.74, 6) is 1.32. The Labute approximate surface area is 150 Å². The first-order valence-corrected chi connectivity index (χ1v) is 8.21. The number of pyridine rings is 1. The first-order chi connectivity index (χ1) is 12.7. The van der Waals surface area contributed by atoms with Crippen molar-refractivity contribution in [1.82, 2.24) is 15.0 Å². The summed E-state index contributed by atoms with van der Waals surface area (Å²) in [6.07, 6.45) is 3.43. The van der Waals surface area contributed by atoms with Crippen molar-refractivity contribution in [1.29, 1.82) is 0 Å². The van der Waals surface area contributed by atoms with E-state index in [1.54, 1.807) is 30.6 Å². The molecule has 0 aliphatic carbocycles. The molecule has 128 valence electrons. The largest absolute Gasteiger partial charge is 0.508 e. The Bertz CT molecular complexity index is 1070. The minimum atomic E-state index is 0.158. The van der Waals surface area contributed by atoms with Gasteiger partial charge in [0, 0.05) is 35.6 Å². The van der Waals surface area contributed by atoms with Crippen molar-refractivity contribution in [3.05, 3.63) is 72.6 Å². The molecule has 0 amide bonds. The lowest BCUT2D eigenvalue weighted by atomic mass is 10.1. The van der Waals surface area contributed by atoms with Gasteiger partial charge in [-0.1, -0.05) is 18.2 Å². The third kappa shape index (κ3) is 3.05. The molecule has 0 bridgehead atoms. The highest BCUT2D eigenvalue weighted by Gasteiger charge is 2.12. The number of nitrogens with zero attached hydrogens (tertiary/aromatic N) is 3. The van der Waals surface area contributed by atoms with E-state index in [-0.39, 0.29) is 5.75 Å². The molecule has 26 heavy (non-hydrogen) atoms. The zero-order chi connectivity index (χ0) is 17.9. The van der Waals surface area contributed by atoms with E-state index < -0.39 is 0 Å². The highest BCUT2D eigenvalue weighted by Crippen LogP contribution is 2.30. The van der Waals surface area contributed by atoms with Crippen molar-refractivity contribution in [3.63, 3.8) is 0 Å². The zero-order valence-electron chi connectivity index (χ0n) is 13.9. The van der Waals surface area contributed by atoms with Gasteiger partial charge in [-0.3, -0.25) is 4.98 Å². The zero-order valence-corrected chi connectivity index (χ0v) is 13.9. The molecule has 4 aromatic rings. The molecule has 4 N–H and O–H groups in total. The fourth-order valence-corrected chi connectivity index (χ4v) is 2.78. The maximum atomic E-state index is 9.89. The molecule has 0 saturated carbocycles. The molecule has 0 atom stereocenters. The summed E-state index contributed by atoms with van der Waals surface area (Å²) in [5, 5.41) is 14.0. The summed E-state index contributed by atoms with van der Waals surface area (Å²) in [6, 6.07) is 16.6. The quantitative estimate of drug-likeness (QED) is 0.524. The van der Waals surface area contributed by atoms with Crippen LogP contribution in [0.4, 0.5) is 11.5 Å². The number of hydrogen-bond acceptors (Lipinski definition) is 6. The maximum absolute atomic E-state index is 9.89. The van der Waals surface area contributed by atoms with Crippen LogP contribution in [0.15, 0.2) is 67.0 Å². The molecule has 0 aliphatic heterocycles. The van der Waals surface area contributed by atoms with Crippen molar-refractivity contribution in [3.8, 4) is 17.1 Å². The van der Waals surface area contributed by atoms with Crippen molar-refractivity contribution in [2.24, 2.45) is 5.73 Å². The molecule has 2 aromatic heterocycles. The molecule has 6 nitrogen and oxygen atoms in total. The second kappa shape index (κ2) is 6.78. The number of nitrogens with two attached hydrogens (primary N) is 1. The maximum Gasteiger partial charge on any atom is 0.163 e. The van der Waals surface area contributed by atoms with Crippen LogP contribution in [0.1, 0.15) is 5.56 Å². The summed E-state index contributed by atoms with van der Waals surface area (Å²) in [7, 11) is 0. The number of para-hydroxylation sites is 1. The van der Waals surface area contributed by atoms with Crippen LogP contribution in [0.5, 0.6) is 5.75 Å². The lowest BCUT2D eigenvalue weighted by molar-refractivity contribution is 0.476. The molecule has 2 aromatic carbocycles. The molecule has 4 rings (SSSR count). The minimum absolute atomic E-state index is 0.158. The Balaban J connectivity index is 1.90. The third-order valence-corrected chi connectivity index (χ3v) is 4.09. The Morgan fingerprint density at radius 1 is 1.00 bits per heavy atom. The fourth-order valence-electron chi connectivity index (χ4n) is 2.78. The average Bonchev–Trinajstić information content (AvgIpc) is 2.69. The molecule has 6 heteroatoms. The van der Waals surface area contributed by atoms with Gasteiger partial charge in [0.1, 0.15) is 11.6 Å². The van der Waals surface area contributed by atoms with E-state index in [4.69, 9.17) is 5.73 Å². The molecule has 0 unspecified atom stereocenters. The van der Waals surface area contributed by atoms with Gasteiger partial charge >= 0.3 is 0 Å². The van der Waals surface area contributed by atoms with Gasteiger partial charge in [0.25, 0.3) is 0 Å². The van der Waals surface area contributed by atoms with Crippen molar-refractivity contribution in [2.45, 2.75) is 6.54 Å². The van der Waals surface area contributed by atoms with Gasteiger partial charge in [0.05, 0.1) is 5.52 Å². The number of phenols is 1. The number of fused-ring (bicyclic) bond motifs is 1. The Morgan fingerprint density at radius 2 is 1.88 bits per heavy atom. The highest BCUT2D eigenvalue weighted by atomic mass is 16.3. The van der Waals surface area contributed by atoms with Gasteiger partial charge in [-0.2, -0.15) is 0 Å². The van der Waals surface area contributed by atoms with Gasteiger partial charge in [-0.25, -0.2) is 9.97 Å². The molecule has 2 heterocycles. The highest BCUT2D eigenvalue weighted by molar-refractivity contribution is 5.93. The summed E-state index contributed by atoms with van der Waals surface area (Å²) < 4.78 is 0. The summed E-state index contributed by atoms with van der Waals surface area (Å²) in [5.41, 5.74) is 9.23. The topological polar surface area (TPSA) is 97.0 Å². The van der Waals surface area contributed by atoms with Crippen LogP contribution in [0.25, 0.3) is 22.3 Å². The summed E-state index contributed by atoms with van der Waals surface area (Å²) in [4.78, 5) is 13.4. The number of rotatable bonds is 4. The van der Waals surface area contributed by atoms with Crippen molar-refractivity contribution in [2.75, 3.05) is 5.32 Å². The van der Waals surface area contributed by atoms with Crippen LogP contribution in [0.3, 0.4) is 0 Å². The molecule has 0 aliphatic rings. The van der Waals surface area contributed by atoms with Crippen LogP contribution >= 0.6 is 0 Å². The van der Waals surface area contributed by atoms with Crippen molar-refractivity contribution < 1.29 is 5.11 Å². The molecule has 0 saturated heterocycles. The first-order valence-electron chi connectivity index (χ1n) is 8.21. The Morgan fingerprint density at radius 3 is 2.69 bits per heavy atom. The van der Waals surface area contributed by atoms with E-state index in [2.05, 4.69) is 20.3 Å². The smallest absolute Gasteiger partial charge is 0.163 e. The van der Waals surface area contributed by atoms with Crippen LogP contribution in [-0.4, -0.2) is 20.1 Å². The molecular weight excluding hydrogens is 326 g/mol. The van der Waals surface area contributed by atoms with Crippen LogP contribution in [0, 0.1) is 0 Å². The first kappa shape index (κ1) is 16.0. The minimum Gasteiger partial charge on any atom is -0.508 e. The van der Waals surface area contributed by atoms with E-state index in [1.807, 2.05) is 36.4 Å². The fraction of sp³-hybridized carbons (Fsp3) is 0.0500. The number of aromatic nitrogens is 3. The predicted octanol–water partition coefficient (Wildman–Crippen LogP) is 3.60. The standard InChI is InChI=1S/C20H17N5O/c21-11-13-4-1-2-6-17(13)23-20-16-10-15(26)7-8-18(16)24-19(25-20)14-5-3-9-22-12-14/h1-10,12,26H,11,21H2,(H,23,24,25). The Kier molecular flexibility index (Phi) is 4.17. The monoisotopic (exact) mass is 343 g/mol. The summed E-state index contributed by atoms with van der Waals surface area (Å²) >= 11 is 0. The van der Waals surface area contributed by atoms with Gasteiger partial charge in [0.2, 0.25) is 0 Å². The molecule has 0 radical (unpaired) electrons. The molecular formula is C20H17N5O.